The second kappa shape index (κ2) is 10.6. The Morgan fingerprint density at radius 1 is 0.933 bits per heavy atom. The largest absolute Gasteiger partial charge is 0.496 e. The molecule has 0 aliphatic heterocycles. The molecule has 0 amide bonds. The second-order valence-corrected chi connectivity index (χ2v) is 8.22. The molecular weight excluding hydrogens is 436 g/mol. The van der Waals surface area contributed by atoms with E-state index < -0.39 is 28.1 Å². The van der Waals surface area contributed by atoms with Gasteiger partial charge < -0.3 is 9.47 Å². The molecule has 2 aromatic carbocycles. The first kappa shape index (κ1) is 23.9. The fourth-order valence-corrected chi connectivity index (χ4v) is 3.47. The average molecular weight is 459 g/mol. The lowest BCUT2D eigenvalue weighted by Gasteiger charge is -2.09. The highest BCUT2D eigenvalue weighted by Gasteiger charge is 2.11. The SMILES string of the molecule is COc1cc(N=Nc2ccc(S(=O)OCCOS(=O)(=O)O)cc2C)c(OC)cc1C. The zero-order valence-electron chi connectivity index (χ0n) is 16.8. The molecule has 2 aromatic rings. The molecule has 0 aromatic heterocycles. The first-order valence-corrected chi connectivity index (χ1v) is 11.0. The Bertz CT molecular complexity index is 1050. The maximum Gasteiger partial charge on any atom is 0.397 e. The molecule has 1 unspecified atom stereocenters. The van der Waals surface area contributed by atoms with Gasteiger partial charge in [0.25, 0.3) is 0 Å². The molecule has 0 fully saturated rings. The van der Waals surface area contributed by atoms with Crippen molar-refractivity contribution < 1.29 is 35.0 Å². The second-order valence-electron chi connectivity index (χ2n) is 5.95. The summed E-state index contributed by atoms with van der Waals surface area (Å²) in [6.07, 6.45) is 0. The van der Waals surface area contributed by atoms with Crippen molar-refractivity contribution in [2.24, 2.45) is 10.2 Å². The number of aryl methyl sites for hydroxylation is 2. The molecule has 0 saturated carbocycles. The summed E-state index contributed by atoms with van der Waals surface area (Å²) in [5.74, 6) is 1.20. The van der Waals surface area contributed by atoms with E-state index in [0.717, 1.165) is 5.56 Å². The molecule has 0 aliphatic rings. The van der Waals surface area contributed by atoms with Crippen molar-refractivity contribution in [1.82, 2.24) is 0 Å². The van der Waals surface area contributed by atoms with Gasteiger partial charge >= 0.3 is 10.4 Å². The molecule has 30 heavy (non-hydrogen) atoms. The zero-order chi connectivity index (χ0) is 22.3. The van der Waals surface area contributed by atoms with Crippen LogP contribution in [0.25, 0.3) is 0 Å². The van der Waals surface area contributed by atoms with Gasteiger partial charge in [-0.05, 0) is 49.2 Å². The summed E-state index contributed by atoms with van der Waals surface area (Å²) in [7, 11) is -1.46. The van der Waals surface area contributed by atoms with E-state index in [1.807, 2.05) is 6.92 Å². The Hall–Kier alpha value is -2.38. The summed E-state index contributed by atoms with van der Waals surface area (Å²) >= 11 is -1.85. The quantitative estimate of drug-likeness (QED) is 0.324. The van der Waals surface area contributed by atoms with Gasteiger partial charge in [0.2, 0.25) is 0 Å². The Kier molecular flexibility index (Phi) is 8.43. The number of nitrogens with zero attached hydrogens (tertiary/aromatic N) is 2. The molecule has 164 valence electrons. The van der Waals surface area contributed by atoms with Crippen molar-refractivity contribution in [1.29, 1.82) is 0 Å². The van der Waals surface area contributed by atoms with Gasteiger partial charge in [-0.1, -0.05) is 0 Å². The van der Waals surface area contributed by atoms with Gasteiger partial charge in [-0.2, -0.15) is 13.5 Å². The Balaban J connectivity index is 2.11. The van der Waals surface area contributed by atoms with Crippen molar-refractivity contribution >= 4 is 32.9 Å². The van der Waals surface area contributed by atoms with Gasteiger partial charge in [0.1, 0.15) is 17.2 Å². The number of azo groups is 1. The third-order valence-electron chi connectivity index (χ3n) is 3.83. The number of hydrogen-bond donors (Lipinski definition) is 1. The standard InChI is InChI=1S/C18H22N2O8S2/c1-12-9-14(29(21)27-7-8-28-30(22,23)24)5-6-15(12)19-20-16-11-17(25-3)13(2)10-18(16)26-4/h5-6,9-11H,7-8H2,1-4H3,(H,22,23,24). The Labute approximate surface area is 177 Å². The summed E-state index contributed by atoms with van der Waals surface area (Å²) in [4.78, 5) is 0.355. The number of benzene rings is 2. The van der Waals surface area contributed by atoms with E-state index in [0.29, 0.717) is 33.3 Å². The first-order valence-electron chi connectivity index (χ1n) is 8.56. The number of hydrogen-bond acceptors (Lipinski definition) is 9. The van der Waals surface area contributed by atoms with Crippen LogP contribution in [0.3, 0.4) is 0 Å². The monoisotopic (exact) mass is 458 g/mol. The topological polar surface area (TPSA) is 133 Å². The predicted molar refractivity (Wildman–Crippen MR) is 109 cm³/mol. The highest BCUT2D eigenvalue weighted by atomic mass is 32.3. The maximum atomic E-state index is 12.1. The van der Waals surface area contributed by atoms with Crippen LogP contribution in [0, 0.1) is 13.8 Å². The van der Waals surface area contributed by atoms with E-state index in [1.54, 1.807) is 44.4 Å². The minimum Gasteiger partial charge on any atom is -0.496 e. The fourth-order valence-electron chi connectivity index (χ4n) is 2.38. The lowest BCUT2D eigenvalue weighted by Crippen LogP contribution is -2.11. The molecule has 0 saturated heterocycles. The molecule has 2 rings (SSSR count). The van der Waals surface area contributed by atoms with Gasteiger partial charge in [-0.25, -0.2) is 8.39 Å². The van der Waals surface area contributed by atoms with E-state index >= 15 is 0 Å². The van der Waals surface area contributed by atoms with Crippen LogP contribution in [0.1, 0.15) is 11.1 Å². The summed E-state index contributed by atoms with van der Waals surface area (Å²) in [5, 5.41) is 8.46. The van der Waals surface area contributed by atoms with Crippen LogP contribution in [-0.4, -0.2) is 44.6 Å². The maximum absolute atomic E-state index is 12.1. The molecule has 0 bridgehead atoms. The fraction of sp³-hybridized carbons (Fsp3) is 0.333. The van der Waals surface area contributed by atoms with Crippen LogP contribution in [-0.2, 0) is 29.8 Å². The smallest absolute Gasteiger partial charge is 0.397 e. The van der Waals surface area contributed by atoms with Crippen molar-refractivity contribution in [2.75, 3.05) is 27.4 Å². The lowest BCUT2D eigenvalue weighted by molar-refractivity contribution is 0.212. The number of ether oxygens (including phenoxy) is 2. The first-order chi connectivity index (χ1) is 14.1. The predicted octanol–water partition coefficient (Wildman–Crippen LogP) is 3.59. The molecule has 10 nitrogen and oxygen atoms in total. The van der Waals surface area contributed by atoms with Gasteiger partial charge in [0.15, 0.2) is 11.1 Å². The van der Waals surface area contributed by atoms with Crippen molar-refractivity contribution in [3.63, 3.8) is 0 Å². The van der Waals surface area contributed by atoms with Gasteiger partial charge in [-0.15, -0.1) is 5.11 Å². The van der Waals surface area contributed by atoms with Crippen LogP contribution >= 0.6 is 0 Å². The van der Waals surface area contributed by atoms with Gasteiger partial charge in [0, 0.05) is 6.07 Å². The van der Waals surface area contributed by atoms with Gasteiger partial charge in [0.05, 0.1) is 38.0 Å². The molecule has 0 aliphatic carbocycles. The van der Waals surface area contributed by atoms with Crippen LogP contribution in [0.2, 0.25) is 0 Å². The van der Waals surface area contributed by atoms with Gasteiger partial charge in [-0.3, -0.25) is 8.74 Å². The molecule has 1 atom stereocenters. The molecule has 0 spiro atoms. The van der Waals surface area contributed by atoms with E-state index in [9.17, 15) is 12.6 Å². The average Bonchev–Trinajstić information content (AvgIpc) is 2.69. The van der Waals surface area contributed by atoms with Crippen LogP contribution in [0.15, 0.2) is 45.5 Å². The molecule has 0 radical (unpaired) electrons. The van der Waals surface area contributed by atoms with Crippen LogP contribution < -0.4 is 9.47 Å². The Morgan fingerprint density at radius 2 is 1.60 bits per heavy atom. The molecule has 0 heterocycles. The van der Waals surface area contributed by atoms with Crippen LogP contribution in [0.5, 0.6) is 11.5 Å². The van der Waals surface area contributed by atoms with E-state index in [1.165, 1.54) is 7.11 Å². The normalized spacial score (nSPS) is 12.8. The van der Waals surface area contributed by atoms with Crippen molar-refractivity contribution in [3.8, 4) is 11.5 Å². The van der Waals surface area contributed by atoms with E-state index in [4.69, 9.17) is 18.2 Å². The number of methoxy groups -OCH3 is 2. The minimum absolute atomic E-state index is 0.290. The van der Waals surface area contributed by atoms with Crippen molar-refractivity contribution in [2.45, 2.75) is 18.7 Å². The van der Waals surface area contributed by atoms with Crippen molar-refractivity contribution in [3.05, 3.63) is 41.5 Å². The Morgan fingerprint density at radius 3 is 2.20 bits per heavy atom. The summed E-state index contributed by atoms with van der Waals surface area (Å²) in [5.41, 5.74) is 2.64. The molecular formula is C18H22N2O8S2. The van der Waals surface area contributed by atoms with E-state index in [2.05, 4.69) is 14.4 Å². The third kappa shape index (κ3) is 6.85. The third-order valence-corrected chi connectivity index (χ3v) is 5.31. The summed E-state index contributed by atoms with van der Waals surface area (Å²) in [6.45, 7) is 2.91. The lowest BCUT2D eigenvalue weighted by atomic mass is 10.2. The van der Waals surface area contributed by atoms with E-state index in [-0.39, 0.29) is 6.61 Å². The highest BCUT2D eigenvalue weighted by Crippen LogP contribution is 2.36. The molecule has 1 N–H and O–H groups in total. The summed E-state index contributed by atoms with van der Waals surface area (Å²) < 4.78 is 61.2. The highest BCUT2D eigenvalue weighted by molar-refractivity contribution is 7.81. The molecule has 12 heteroatoms. The summed E-state index contributed by atoms with van der Waals surface area (Å²) in [6, 6.07) is 8.31. The zero-order valence-corrected chi connectivity index (χ0v) is 18.4. The minimum atomic E-state index is -4.56. The number of rotatable bonds is 10. The van der Waals surface area contributed by atoms with Crippen LogP contribution in [0.4, 0.5) is 11.4 Å².